The molecule has 3 rings (SSSR count). The highest BCUT2D eigenvalue weighted by atomic mass is 19.4. The van der Waals surface area contributed by atoms with Gasteiger partial charge in [-0.05, 0) is 48.0 Å². The number of benzene rings is 3. The molecule has 0 saturated carbocycles. The molecule has 36 heavy (non-hydrogen) atoms. The minimum atomic E-state index is -4.60. The van der Waals surface area contributed by atoms with Crippen molar-refractivity contribution in [3.05, 3.63) is 97.6 Å². The van der Waals surface area contributed by atoms with Crippen LogP contribution in [-0.2, 0) is 6.18 Å². The Morgan fingerprint density at radius 1 is 0.972 bits per heavy atom. The molecule has 3 aromatic carbocycles. The highest BCUT2D eigenvalue weighted by Gasteiger charge is 2.30. The van der Waals surface area contributed by atoms with E-state index in [1.54, 1.807) is 0 Å². The van der Waals surface area contributed by atoms with Gasteiger partial charge in [-0.25, -0.2) is 5.43 Å². The maximum Gasteiger partial charge on any atom is 0.416 e. The zero-order chi connectivity index (χ0) is 26.5. The number of rotatable bonds is 8. The van der Waals surface area contributed by atoms with E-state index in [1.807, 2.05) is 0 Å². The summed E-state index contributed by atoms with van der Waals surface area (Å²) in [5.74, 6) is -0.983. The van der Waals surface area contributed by atoms with Crippen molar-refractivity contribution in [3.63, 3.8) is 0 Å². The van der Waals surface area contributed by atoms with Crippen LogP contribution in [0.3, 0.4) is 0 Å². The van der Waals surface area contributed by atoms with E-state index in [0.29, 0.717) is 11.6 Å². The molecule has 14 heteroatoms. The molecule has 0 aliphatic carbocycles. The lowest BCUT2D eigenvalue weighted by Gasteiger charge is -2.11. The second-order valence-electron chi connectivity index (χ2n) is 6.96. The lowest BCUT2D eigenvalue weighted by Crippen LogP contribution is -2.18. The zero-order valence-corrected chi connectivity index (χ0v) is 18.2. The summed E-state index contributed by atoms with van der Waals surface area (Å²) in [5, 5.41) is 25.9. The maximum atomic E-state index is 12.8. The van der Waals surface area contributed by atoms with Crippen molar-refractivity contribution < 1.29 is 37.3 Å². The number of methoxy groups -OCH3 is 1. The van der Waals surface area contributed by atoms with Crippen molar-refractivity contribution in [3.8, 4) is 17.2 Å². The first-order chi connectivity index (χ1) is 17.0. The molecule has 0 bridgehead atoms. The molecule has 186 valence electrons. The van der Waals surface area contributed by atoms with Crippen molar-refractivity contribution in [2.24, 2.45) is 5.10 Å². The second-order valence-corrected chi connectivity index (χ2v) is 6.96. The van der Waals surface area contributed by atoms with Crippen LogP contribution in [0.4, 0.5) is 24.5 Å². The van der Waals surface area contributed by atoms with Gasteiger partial charge in [-0.15, -0.1) is 0 Å². The molecule has 11 nitrogen and oxygen atoms in total. The van der Waals surface area contributed by atoms with Gasteiger partial charge < -0.3 is 9.47 Å². The highest BCUT2D eigenvalue weighted by Crippen LogP contribution is 2.38. The lowest BCUT2D eigenvalue weighted by atomic mass is 10.1. The number of hydrazone groups is 1. The van der Waals surface area contributed by atoms with Crippen molar-refractivity contribution in [1.82, 2.24) is 5.43 Å². The summed E-state index contributed by atoms with van der Waals surface area (Å²) in [6, 6.07) is 10.9. The van der Waals surface area contributed by atoms with Crippen LogP contribution in [0.25, 0.3) is 0 Å². The van der Waals surface area contributed by atoms with Crippen LogP contribution in [0.2, 0.25) is 0 Å². The van der Waals surface area contributed by atoms with Gasteiger partial charge in [-0.2, -0.15) is 18.3 Å². The van der Waals surface area contributed by atoms with Crippen molar-refractivity contribution >= 4 is 23.5 Å². The van der Waals surface area contributed by atoms with Crippen molar-refractivity contribution in [2.75, 3.05) is 7.11 Å². The Morgan fingerprint density at radius 2 is 1.69 bits per heavy atom. The molecule has 1 amide bonds. The SMILES string of the molecule is COc1cc(/C=N\NC(=O)c2cccc(C(F)(F)F)c2)ccc1Oc1ccc([N+](=O)[O-])cc1[N+](=O)[O-]. The first-order valence-electron chi connectivity index (χ1n) is 9.79. The van der Waals surface area contributed by atoms with Gasteiger partial charge in [-0.1, -0.05) is 6.07 Å². The summed E-state index contributed by atoms with van der Waals surface area (Å²) in [6.45, 7) is 0. The van der Waals surface area contributed by atoms with E-state index >= 15 is 0 Å². The summed E-state index contributed by atoms with van der Waals surface area (Å²) < 4.78 is 49.2. The van der Waals surface area contributed by atoms with E-state index in [9.17, 15) is 38.2 Å². The Morgan fingerprint density at radius 3 is 2.33 bits per heavy atom. The maximum absolute atomic E-state index is 12.8. The molecule has 0 saturated heterocycles. The quantitative estimate of drug-likeness (QED) is 0.255. The monoisotopic (exact) mass is 504 g/mol. The minimum Gasteiger partial charge on any atom is -0.493 e. The highest BCUT2D eigenvalue weighted by molar-refractivity contribution is 5.95. The lowest BCUT2D eigenvalue weighted by molar-refractivity contribution is -0.394. The third-order valence-corrected chi connectivity index (χ3v) is 4.59. The molecule has 0 aliphatic rings. The van der Waals surface area contributed by atoms with Gasteiger partial charge in [0.15, 0.2) is 11.5 Å². The van der Waals surface area contributed by atoms with E-state index in [1.165, 1.54) is 37.6 Å². The molecular formula is C22H15F3N4O7. The van der Waals surface area contributed by atoms with Crippen molar-refractivity contribution in [2.45, 2.75) is 6.18 Å². The number of halogens is 3. The Balaban J connectivity index is 1.76. The van der Waals surface area contributed by atoms with E-state index in [-0.39, 0.29) is 22.8 Å². The Hall–Kier alpha value is -5.01. The number of nitro groups is 2. The van der Waals surface area contributed by atoms with E-state index < -0.39 is 38.9 Å². The number of hydrogen-bond acceptors (Lipinski definition) is 8. The second kappa shape index (κ2) is 10.5. The van der Waals surface area contributed by atoms with Crippen LogP contribution in [0.1, 0.15) is 21.5 Å². The van der Waals surface area contributed by atoms with Crippen LogP contribution in [0.5, 0.6) is 17.2 Å². The average molecular weight is 504 g/mol. The number of non-ortho nitro benzene ring substituents is 1. The largest absolute Gasteiger partial charge is 0.493 e. The molecular weight excluding hydrogens is 489 g/mol. The zero-order valence-electron chi connectivity index (χ0n) is 18.2. The third-order valence-electron chi connectivity index (χ3n) is 4.59. The molecule has 0 fully saturated rings. The van der Waals surface area contributed by atoms with Gasteiger partial charge in [0, 0.05) is 11.6 Å². The molecule has 0 aromatic heterocycles. The van der Waals surface area contributed by atoms with Gasteiger partial charge in [0.05, 0.1) is 34.8 Å². The summed E-state index contributed by atoms with van der Waals surface area (Å²) >= 11 is 0. The average Bonchev–Trinajstić information content (AvgIpc) is 2.84. The first kappa shape index (κ1) is 25.6. The summed E-state index contributed by atoms with van der Waals surface area (Å²) in [6.07, 6.45) is -3.42. The molecule has 0 atom stereocenters. The molecule has 0 unspecified atom stereocenters. The number of nitrogens with zero attached hydrogens (tertiary/aromatic N) is 3. The normalized spacial score (nSPS) is 11.2. The van der Waals surface area contributed by atoms with Crippen LogP contribution in [-0.4, -0.2) is 29.1 Å². The molecule has 3 aromatic rings. The Labute approximate surface area is 200 Å². The van der Waals surface area contributed by atoms with E-state index in [0.717, 1.165) is 30.3 Å². The number of alkyl halides is 3. The van der Waals surface area contributed by atoms with Crippen LogP contribution >= 0.6 is 0 Å². The van der Waals surface area contributed by atoms with Crippen LogP contribution < -0.4 is 14.9 Å². The fourth-order valence-corrected chi connectivity index (χ4v) is 2.88. The van der Waals surface area contributed by atoms with Crippen LogP contribution in [0.15, 0.2) is 65.8 Å². The van der Waals surface area contributed by atoms with Gasteiger partial charge in [-0.3, -0.25) is 25.0 Å². The summed E-state index contributed by atoms with van der Waals surface area (Å²) in [4.78, 5) is 32.7. The number of ether oxygens (including phenoxy) is 2. The Bertz CT molecular complexity index is 1360. The molecule has 0 radical (unpaired) electrons. The van der Waals surface area contributed by atoms with Gasteiger partial charge >= 0.3 is 11.9 Å². The topological polar surface area (TPSA) is 146 Å². The van der Waals surface area contributed by atoms with Crippen LogP contribution in [0, 0.1) is 20.2 Å². The van der Waals surface area contributed by atoms with Crippen molar-refractivity contribution in [1.29, 1.82) is 0 Å². The fourth-order valence-electron chi connectivity index (χ4n) is 2.88. The molecule has 0 aliphatic heterocycles. The third kappa shape index (κ3) is 6.11. The minimum absolute atomic E-state index is 0.0413. The molecule has 1 N–H and O–H groups in total. The number of hydrogen-bond donors (Lipinski definition) is 1. The van der Waals surface area contributed by atoms with E-state index in [4.69, 9.17) is 9.47 Å². The molecule has 0 heterocycles. The van der Waals surface area contributed by atoms with E-state index in [2.05, 4.69) is 10.5 Å². The fraction of sp³-hybridized carbons (Fsp3) is 0.0909. The number of nitro benzene ring substituents is 2. The number of amides is 1. The first-order valence-corrected chi connectivity index (χ1v) is 9.79. The summed E-state index contributed by atoms with van der Waals surface area (Å²) in [5.41, 5.74) is 0.152. The summed E-state index contributed by atoms with van der Waals surface area (Å²) in [7, 11) is 1.29. The van der Waals surface area contributed by atoms with Gasteiger partial charge in [0.25, 0.3) is 11.6 Å². The predicted molar refractivity (Wildman–Crippen MR) is 119 cm³/mol. The Kier molecular flexibility index (Phi) is 7.47. The predicted octanol–water partition coefficient (Wildman–Crippen LogP) is 5.09. The van der Waals surface area contributed by atoms with Gasteiger partial charge in [0.1, 0.15) is 0 Å². The smallest absolute Gasteiger partial charge is 0.416 e. The number of carbonyl (C=O) groups excluding carboxylic acids is 1. The standard InChI is InChI=1S/C22H15F3N4O7/c1-35-20-9-13(12-26-27-21(30)14-3-2-4-15(10-14)22(23,24)25)5-7-19(20)36-18-8-6-16(28(31)32)11-17(18)29(33)34/h2-12H,1H3,(H,27,30)/b26-12-. The number of nitrogens with one attached hydrogen (secondary N) is 1. The number of carbonyl (C=O) groups is 1. The van der Waals surface area contributed by atoms with Gasteiger partial charge in [0.2, 0.25) is 5.75 Å². The molecule has 0 spiro atoms.